The number of hydrogen-bond acceptors (Lipinski definition) is 4. The van der Waals surface area contributed by atoms with Crippen LogP contribution in [0.3, 0.4) is 0 Å². The Morgan fingerprint density at radius 3 is 2.19 bits per heavy atom. The van der Waals surface area contributed by atoms with Crippen LogP contribution < -0.4 is 11.1 Å². The number of nitrogens with one attached hydrogen (secondary N) is 1. The Morgan fingerprint density at radius 1 is 0.889 bits per heavy atom. The summed E-state index contributed by atoms with van der Waals surface area (Å²) in [4.78, 5) is 29.1. The predicted molar refractivity (Wildman–Crippen MR) is 112 cm³/mol. The van der Waals surface area contributed by atoms with E-state index in [1.807, 2.05) is 4.90 Å². The molecule has 0 radical (unpaired) electrons. The Kier molecular flexibility index (Phi) is 11.0. The van der Waals surface area contributed by atoms with Crippen LogP contribution in [0.1, 0.15) is 57.8 Å². The van der Waals surface area contributed by atoms with Gasteiger partial charge in [0.05, 0.1) is 6.54 Å². The van der Waals surface area contributed by atoms with Crippen molar-refractivity contribution in [1.82, 2.24) is 15.1 Å². The highest BCUT2D eigenvalue weighted by atomic mass is 35.5. The van der Waals surface area contributed by atoms with Crippen LogP contribution in [-0.2, 0) is 9.59 Å². The molecule has 158 valence electrons. The zero-order chi connectivity index (χ0) is 17.6. The molecular formula is C19H36Cl2N4O2. The Morgan fingerprint density at radius 2 is 1.56 bits per heavy atom. The van der Waals surface area contributed by atoms with Crippen LogP contribution in [0.15, 0.2) is 0 Å². The van der Waals surface area contributed by atoms with Crippen molar-refractivity contribution in [3.05, 3.63) is 0 Å². The van der Waals surface area contributed by atoms with Crippen LogP contribution in [0, 0.1) is 5.92 Å². The lowest BCUT2D eigenvalue weighted by Gasteiger charge is -2.37. The van der Waals surface area contributed by atoms with Gasteiger partial charge in [0.2, 0.25) is 11.8 Å². The van der Waals surface area contributed by atoms with Crippen LogP contribution in [0.2, 0.25) is 0 Å². The van der Waals surface area contributed by atoms with Gasteiger partial charge in [-0.25, -0.2) is 0 Å². The molecule has 3 N–H and O–H groups in total. The number of hydrogen-bond donors (Lipinski definition) is 2. The fraction of sp³-hybridized carbons (Fsp3) is 0.895. The van der Waals surface area contributed by atoms with Crippen molar-refractivity contribution < 1.29 is 9.59 Å². The van der Waals surface area contributed by atoms with Crippen LogP contribution in [0.4, 0.5) is 0 Å². The van der Waals surface area contributed by atoms with E-state index in [0.29, 0.717) is 12.6 Å². The molecular weight excluding hydrogens is 387 g/mol. The maximum Gasteiger partial charge on any atom is 0.234 e. The van der Waals surface area contributed by atoms with Gasteiger partial charge in [-0.2, -0.15) is 0 Å². The van der Waals surface area contributed by atoms with Crippen molar-refractivity contribution in [1.29, 1.82) is 0 Å². The van der Waals surface area contributed by atoms with E-state index in [9.17, 15) is 9.59 Å². The molecule has 0 aromatic rings. The van der Waals surface area contributed by atoms with Crippen molar-refractivity contribution in [2.75, 3.05) is 32.7 Å². The fourth-order valence-electron chi connectivity index (χ4n) is 4.56. The van der Waals surface area contributed by atoms with Gasteiger partial charge in [0.25, 0.3) is 0 Å². The van der Waals surface area contributed by atoms with E-state index in [4.69, 9.17) is 5.73 Å². The van der Waals surface area contributed by atoms with Gasteiger partial charge in [0.15, 0.2) is 0 Å². The molecule has 2 aliphatic carbocycles. The summed E-state index contributed by atoms with van der Waals surface area (Å²) in [6, 6.07) is 0.562. The lowest BCUT2D eigenvalue weighted by Crippen LogP contribution is -2.53. The average Bonchev–Trinajstić information content (AvgIpc) is 2.62. The zero-order valence-corrected chi connectivity index (χ0v) is 17.9. The number of halogens is 2. The van der Waals surface area contributed by atoms with E-state index < -0.39 is 0 Å². The number of carbonyl (C=O) groups excluding carboxylic acids is 2. The van der Waals surface area contributed by atoms with Gasteiger partial charge in [-0.15, -0.1) is 24.8 Å². The molecule has 1 saturated heterocycles. The molecule has 0 spiro atoms. The quantitative estimate of drug-likeness (QED) is 0.725. The minimum Gasteiger partial charge on any atom is -0.352 e. The van der Waals surface area contributed by atoms with E-state index >= 15 is 0 Å². The normalized spacial score (nSPS) is 27.2. The molecule has 2 atom stereocenters. The molecule has 6 nitrogen and oxygen atoms in total. The standard InChI is InChI=1S/C19H34N4O2.2ClH/c20-16-6-4-5-15(13-16)19(25)23-11-9-22(10-12-23)14-18(24)21-17-7-2-1-3-8-17;;/h15-17H,1-14,20H2,(H,21,24);2*1H. The third-order valence-corrected chi connectivity index (χ3v) is 6.09. The average molecular weight is 423 g/mol. The highest BCUT2D eigenvalue weighted by Gasteiger charge is 2.31. The Hall–Kier alpha value is -0.560. The van der Waals surface area contributed by atoms with Crippen molar-refractivity contribution in [3.8, 4) is 0 Å². The first-order valence-corrected chi connectivity index (χ1v) is 10.2. The predicted octanol–water partition coefficient (Wildman–Crippen LogP) is 1.94. The summed E-state index contributed by atoms with van der Waals surface area (Å²) in [6.07, 6.45) is 9.95. The minimum atomic E-state index is 0. The molecule has 0 bridgehead atoms. The topological polar surface area (TPSA) is 78.7 Å². The van der Waals surface area contributed by atoms with Crippen molar-refractivity contribution >= 4 is 36.6 Å². The summed E-state index contributed by atoms with van der Waals surface area (Å²) < 4.78 is 0. The van der Waals surface area contributed by atoms with Gasteiger partial charge in [0, 0.05) is 44.2 Å². The van der Waals surface area contributed by atoms with E-state index in [2.05, 4.69) is 10.2 Å². The smallest absolute Gasteiger partial charge is 0.234 e. The second-order valence-electron chi connectivity index (χ2n) is 8.13. The monoisotopic (exact) mass is 422 g/mol. The van der Waals surface area contributed by atoms with Gasteiger partial charge in [-0.05, 0) is 32.1 Å². The van der Waals surface area contributed by atoms with Crippen molar-refractivity contribution in [3.63, 3.8) is 0 Å². The fourth-order valence-corrected chi connectivity index (χ4v) is 4.56. The number of nitrogens with two attached hydrogens (primary N) is 1. The zero-order valence-electron chi connectivity index (χ0n) is 16.2. The Bertz CT molecular complexity index is 467. The first-order chi connectivity index (χ1) is 12.1. The highest BCUT2D eigenvalue weighted by molar-refractivity contribution is 5.85. The summed E-state index contributed by atoms with van der Waals surface area (Å²) in [5, 5.41) is 3.18. The van der Waals surface area contributed by atoms with Crippen molar-refractivity contribution in [2.24, 2.45) is 11.7 Å². The number of piperazine rings is 1. The lowest BCUT2D eigenvalue weighted by atomic mass is 9.85. The third kappa shape index (κ3) is 7.41. The van der Waals surface area contributed by atoms with Crippen molar-refractivity contribution in [2.45, 2.75) is 69.9 Å². The molecule has 8 heteroatoms. The first-order valence-electron chi connectivity index (χ1n) is 10.2. The molecule has 3 aliphatic rings. The van der Waals surface area contributed by atoms with E-state index in [1.54, 1.807) is 0 Å². The molecule has 2 amide bonds. The van der Waals surface area contributed by atoms with Gasteiger partial charge in [-0.1, -0.05) is 25.7 Å². The molecule has 1 heterocycles. The SMILES string of the molecule is Cl.Cl.NC1CCCC(C(=O)N2CCN(CC(=O)NC3CCCCC3)CC2)C1. The van der Waals surface area contributed by atoms with Gasteiger partial charge in [0.1, 0.15) is 0 Å². The number of amides is 2. The Balaban J connectivity index is 0.00000182. The number of carbonyl (C=O) groups is 2. The van der Waals surface area contributed by atoms with E-state index in [-0.39, 0.29) is 48.6 Å². The summed E-state index contributed by atoms with van der Waals surface area (Å²) in [5.74, 6) is 0.538. The van der Waals surface area contributed by atoms with E-state index in [0.717, 1.165) is 64.7 Å². The van der Waals surface area contributed by atoms with E-state index in [1.165, 1.54) is 19.3 Å². The maximum atomic E-state index is 12.7. The van der Waals surface area contributed by atoms with Gasteiger partial charge < -0.3 is 16.0 Å². The molecule has 1 aliphatic heterocycles. The lowest BCUT2D eigenvalue weighted by molar-refractivity contribution is -0.138. The first kappa shape index (κ1) is 24.5. The molecule has 27 heavy (non-hydrogen) atoms. The number of nitrogens with zero attached hydrogens (tertiary/aromatic N) is 2. The summed E-state index contributed by atoms with van der Waals surface area (Å²) in [5.41, 5.74) is 6.02. The minimum absolute atomic E-state index is 0. The van der Waals surface area contributed by atoms with Gasteiger partial charge in [-0.3, -0.25) is 14.5 Å². The molecule has 0 aromatic carbocycles. The third-order valence-electron chi connectivity index (χ3n) is 6.09. The summed E-state index contributed by atoms with van der Waals surface area (Å²) in [7, 11) is 0. The highest BCUT2D eigenvalue weighted by Crippen LogP contribution is 2.25. The van der Waals surface area contributed by atoms with Crippen LogP contribution >= 0.6 is 24.8 Å². The molecule has 0 aromatic heterocycles. The summed E-state index contributed by atoms with van der Waals surface area (Å²) >= 11 is 0. The molecule has 2 saturated carbocycles. The largest absolute Gasteiger partial charge is 0.352 e. The second-order valence-corrected chi connectivity index (χ2v) is 8.13. The summed E-state index contributed by atoms with van der Waals surface area (Å²) in [6.45, 7) is 3.53. The molecule has 3 fully saturated rings. The number of rotatable bonds is 4. The van der Waals surface area contributed by atoms with Crippen LogP contribution in [-0.4, -0.2) is 66.4 Å². The second kappa shape index (κ2) is 12.1. The molecule has 3 rings (SSSR count). The Labute approximate surface area is 175 Å². The van der Waals surface area contributed by atoms with Gasteiger partial charge >= 0.3 is 0 Å². The van der Waals surface area contributed by atoms with Crippen LogP contribution in [0.5, 0.6) is 0 Å². The maximum absolute atomic E-state index is 12.7. The molecule has 2 unspecified atom stereocenters. The van der Waals surface area contributed by atoms with Crippen LogP contribution in [0.25, 0.3) is 0 Å².